The van der Waals surface area contributed by atoms with Crippen LogP contribution in [-0.4, -0.2) is 104 Å². The lowest BCUT2D eigenvalue weighted by Crippen LogP contribution is -2.47. The zero-order valence-corrected chi connectivity index (χ0v) is 21.6. The van der Waals surface area contributed by atoms with Crippen LogP contribution in [0.25, 0.3) is 0 Å². The summed E-state index contributed by atoms with van der Waals surface area (Å²) < 4.78 is 38.6. The summed E-state index contributed by atoms with van der Waals surface area (Å²) in [5.41, 5.74) is 3.41. The molecule has 0 bridgehead atoms. The molecular formula is C13H36O7Si4. The van der Waals surface area contributed by atoms with Crippen molar-refractivity contribution in [2.75, 3.05) is 49.8 Å². The fraction of sp³-hybridized carbons (Fsp3) is 1.00. The second kappa shape index (κ2) is 14.7. The van der Waals surface area contributed by atoms with Gasteiger partial charge >= 0.3 is 0 Å². The van der Waals surface area contributed by atoms with Gasteiger partial charge in [-0.25, -0.2) is 0 Å². The summed E-state index contributed by atoms with van der Waals surface area (Å²) in [7, 11) is 8.66. The molecule has 0 saturated heterocycles. The molecule has 0 aromatic heterocycles. The molecule has 0 unspecified atom stereocenters. The topological polar surface area (TPSA) is 64.6 Å². The zero-order valence-electron chi connectivity index (χ0n) is 16.3. The molecule has 0 aliphatic carbocycles. The van der Waals surface area contributed by atoms with Crippen LogP contribution in [0.4, 0.5) is 0 Å². The first-order valence-corrected chi connectivity index (χ1v) is 16.2. The summed E-state index contributed by atoms with van der Waals surface area (Å²) in [5.74, 6) is -0.134. The predicted octanol–water partition coefficient (Wildman–Crippen LogP) is -1.31. The largest absolute Gasteiger partial charge is 0.421 e. The summed E-state index contributed by atoms with van der Waals surface area (Å²) in [5, 5.41) is 0. The molecule has 0 radical (unpaired) electrons. The van der Waals surface area contributed by atoms with Gasteiger partial charge in [-0.1, -0.05) is 0 Å². The quantitative estimate of drug-likeness (QED) is 0.229. The van der Waals surface area contributed by atoms with Crippen LogP contribution in [-0.2, 0) is 32.8 Å². The van der Waals surface area contributed by atoms with Crippen molar-refractivity contribution < 1.29 is 32.8 Å². The van der Waals surface area contributed by atoms with Crippen molar-refractivity contribution in [3.05, 3.63) is 0 Å². The Bertz CT molecular complexity index is 249. The molecule has 0 saturated carbocycles. The smallest absolute Gasteiger partial charge is 0.183 e. The standard InChI is InChI=1S/C13H36O7Si4/c1-14-11(15-2)21-8-24(20-7,9-22-12(16-3)17-4)10-23-13(18-5)19-6/h11-13H,8-10,21-23H2,1-7H3. The molecule has 24 heavy (non-hydrogen) atoms. The van der Waals surface area contributed by atoms with Gasteiger partial charge in [0.2, 0.25) is 0 Å². The van der Waals surface area contributed by atoms with Crippen LogP contribution in [0.2, 0.25) is 17.0 Å². The van der Waals surface area contributed by atoms with Crippen molar-refractivity contribution >= 4 is 36.9 Å². The van der Waals surface area contributed by atoms with E-state index in [1.807, 2.05) is 7.11 Å². The Labute approximate surface area is 154 Å². The maximum atomic E-state index is 6.17. The fourth-order valence-electron chi connectivity index (χ4n) is 2.82. The molecule has 0 heterocycles. The van der Waals surface area contributed by atoms with Crippen LogP contribution in [0.5, 0.6) is 0 Å². The van der Waals surface area contributed by atoms with Gasteiger partial charge in [-0.05, 0) is 17.0 Å². The van der Waals surface area contributed by atoms with E-state index in [1.54, 1.807) is 42.7 Å². The van der Waals surface area contributed by atoms with Gasteiger partial charge in [0.05, 0.1) is 28.6 Å². The summed E-state index contributed by atoms with van der Waals surface area (Å²) in [6.07, 6.45) is 0. The molecule has 0 fully saturated rings. The Hall–Kier alpha value is 0.588. The average Bonchev–Trinajstić information content (AvgIpc) is 2.63. The highest BCUT2D eigenvalue weighted by Crippen LogP contribution is 2.22. The normalized spacial score (nSPS) is 16.2. The first kappa shape index (κ1) is 24.6. The average molecular weight is 417 g/mol. The third-order valence-electron chi connectivity index (χ3n) is 4.52. The molecule has 0 aromatic carbocycles. The third-order valence-corrected chi connectivity index (χ3v) is 23.2. The lowest BCUT2D eigenvalue weighted by atomic mass is 11.3. The molecule has 7 nitrogen and oxygen atoms in total. The molecule has 0 aliphatic rings. The van der Waals surface area contributed by atoms with Crippen molar-refractivity contribution in [2.45, 2.75) is 34.7 Å². The van der Waals surface area contributed by atoms with Crippen LogP contribution in [0, 0.1) is 0 Å². The predicted molar refractivity (Wildman–Crippen MR) is 106 cm³/mol. The second-order valence-corrected chi connectivity index (χ2v) is 18.2. The maximum absolute atomic E-state index is 6.17. The van der Waals surface area contributed by atoms with Gasteiger partial charge in [-0.2, -0.15) is 0 Å². The minimum absolute atomic E-state index is 0.0448. The Morgan fingerprint density at radius 1 is 0.542 bits per heavy atom. The first-order chi connectivity index (χ1) is 11.5. The van der Waals surface area contributed by atoms with E-state index in [1.165, 1.54) is 0 Å². The molecule has 146 valence electrons. The Morgan fingerprint density at radius 2 is 0.792 bits per heavy atom. The highest BCUT2D eigenvalue weighted by molar-refractivity contribution is 6.91. The lowest BCUT2D eigenvalue weighted by molar-refractivity contribution is -0.0441. The van der Waals surface area contributed by atoms with Gasteiger partial charge in [0.15, 0.2) is 8.32 Å². The maximum Gasteiger partial charge on any atom is 0.183 e. The van der Waals surface area contributed by atoms with Crippen LogP contribution in [0.3, 0.4) is 0 Å². The molecule has 0 aromatic rings. The zero-order chi connectivity index (χ0) is 18.4. The van der Waals surface area contributed by atoms with E-state index in [0.717, 1.165) is 17.0 Å². The SMILES string of the molecule is COC(OC)[SiH2]C[Si](C[SiH2]C(OC)OC)(C[SiH2]C(OC)OC)OC. The van der Waals surface area contributed by atoms with Crippen molar-refractivity contribution in [3.63, 3.8) is 0 Å². The molecule has 0 amide bonds. The van der Waals surface area contributed by atoms with E-state index >= 15 is 0 Å². The van der Waals surface area contributed by atoms with E-state index in [2.05, 4.69) is 0 Å². The minimum Gasteiger partial charge on any atom is -0.421 e. The second-order valence-electron chi connectivity index (χ2n) is 5.71. The van der Waals surface area contributed by atoms with Crippen LogP contribution >= 0.6 is 0 Å². The molecular weight excluding hydrogens is 380 g/mol. The molecule has 0 atom stereocenters. The number of methoxy groups -OCH3 is 6. The molecule has 0 spiro atoms. The van der Waals surface area contributed by atoms with E-state index in [-0.39, 0.29) is 17.7 Å². The van der Waals surface area contributed by atoms with Gasteiger partial charge in [0.25, 0.3) is 0 Å². The van der Waals surface area contributed by atoms with Gasteiger partial charge in [-0.15, -0.1) is 0 Å². The van der Waals surface area contributed by atoms with E-state index in [9.17, 15) is 0 Å². The van der Waals surface area contributed by atoms with E-state index in [0.29, 0.717) is 0 Å². The molecule has 11 heteroatoms. The van der Waals surface area contributed by atoms with Gasteiger partial charge in [0.1, 0.15) is 17.7 Å². The molecule has 0 N–H and O–H groups in total. The first-order valence-electron chi connectivity index (χ1n) is 8.26. The van der Waals surface area contributed by atoms with Crippen molar-refractivity contribution in [1.82, 2.24) is 0 Å². The Morgan fingerprint density at radius 3 is 0.958 bits per heavy atom. The van der Waals surface area contributed by atoms with Crippen molar-refractivity contribution in [1.29, 1.82) is 0 Å². The van der Waals surface area contributed by atoms with E-state index in [4.69, 9.17) is 32.8 Å². The number of rotatable bonds is 16. The summed E-state index contributed by atoms with van der Waals surface area (Å²) in [4.78, 5) is 0. The van der Waals surface area contributed by atoms with Crippen molar-refractivity contribution in [2.24, 2.45) is 0 Å². The summed E-state index contributed by atoms with van der Waals surface area (Å²) in [6, 6.07) is 0. The van der Waals surface area contributed by atoms with Crippen molar-refractivity contribution in [3.8, 4) is 0 Å². The van der Waals surface area contributed by atoms with Crippen LogP contribution < -0.4 is 0 Å². The monoisotopic (exact) mass is 416 g/mol. The van der Waals surface area contributed by atoms with Crippen LogP contribution in [0.15, 0.2) is 0 Å². The fourth-order valence-corrected chi connectivity index (χ4v) is 25.6. The highest BCUT2D eigenvalue weighted by Gasteiger charge is 2.36. The third kappa shape index (κ3) is 9.33. The Kier molecular flexibility index (Phi) is 15.1. The Balaban J connectivity index is 4.90. The molecule has 0 aliphatic heterocycles. The van der Waals surface area contributed by atoms with Gasteiger partial charge in [0, 0.05) is 49.8 Å². The molecule has 0 rings (SSSR count). The van der Waals surface area contributed by atoms with Gasteiger partial charge < -0.3 is 32.8 Å². The summed E-state index contributed by atoms with van der Waals surface area (Å²) >= 11 is 0. The minimum atomic E-state index is -1.85. The number of hydrogen-bond donors (Lipinski definition) is 0. The van der Waals surface area contributed by atoms with E-state index < -0.39 is 36.9 Å². The number of hydrogen-bond acceptors (Lipinski definition) is 7. The highest BCUT2D eigenvalue weighted by atomic mass is 28.4. The lowest BCUT2D eigenvalue weighted by Gasteiger charge is -2.32. The number of ether oxygens (including phenoxy) is 6. The van der Waals surface area contributed by atoms with Gasteiger partial charge in [-0.3, -0.25) is 0 Å². The van der Waals surface area contributed by atoms with Crippen LogP contribution in [0.1, 0.15) is 0 Å². The summed E-state index contributed by atoms with van der Waals surface area (Å²) in [6.45, 7) is 0.